The summed E-state index contributed by atoms with van der Waals surface area (Å²) < 4.78 is 40.3. The Labute approximate surface area is 263 Å². The van der Waals surface area contributed by atoms with E-state index in [1.807, 2.05) is 0 Å². The topological polar surface area (TPSA) is 214 Å². The van der Waals surface area contributed by atoms with E-state index in [2.05, 4.69) is 0 Å². The number of aliphatic carboxylic acids is 1. The molecule has 16 heteroatoms. The van der Waals surface area contributed by atoms with Crippen LogP contribution in [0.3, 0.4) is 0 Å². The van der Waals surface area contributed by atoms with E-state index < -0.39 is 67.7 Å². The number of hydrogen-bond donors (Lipinski definition) is 1. The maximum atomic E-state index is 12.6. The summed E-state index contributed by atoms with van der Waals surface area (Å²) in [5.41, 5.74) is 2.07. The molecule has 1 aliphatic rings. The molecule has 0 radical (unpaired) electrons. The van der Waals surface area contributed by atoms with Crippen molar-refractivity contribution in [2.24, 2.45) is 0 Å². The lowest BCUT2D eigenvalue weighted by molar-refractivity contribution is -0.166. The number of ether oxygens (including phenoxy) is 8. The van der Waals surface area contributed by atoms with Gasteiger partial charge in [0, 0.05) is 31.4 Å². The van der Waals surface area contributed by atoms with Crippen molar-refractivity contribution in [1.29, 1.82) is 0 Å². The van der Waals surface area contributed by atoms with Crippen LogP contribution < -0.4 is 9.47 Å². The molecule has 0 atom stereocenters. The zero-order valence-corrected chi connectivity index (χ0v) is 26.1. The Balaban J connectivity index is 2.02. The van der Waals surface area contributed by atoms with E-state index in [0.29, 0.717) is 22.4 Å². The third-order valence-corrected chi connectivity index (χ3v) is 6.37. The minimum absolute atomic E-state index is 0.00180. The first-order chi connectivity index (χ1) is 21.7. The SMILES string of the molecule is COc1c(C)c2c(c(OC(=O)OCOC(=O)CCC(=O)OC(COC(C)=O)COC(C)=O)c1C/C=C(\C)CCC(=O)O)C(=O)OC2. The Morgan fingerprint density at radius 2 is 1.50 bits per heavy atom. The molecule has 0 fully saturated rings. The highest BCUT2D eigenvalue weighted by Crippen LogP contribution is 2.43. The van der Waals surface area contributed by atoms with Crippen molar-refractivity contribution in [3.63, 3.8) is 0 Å². The lowest BCUT2D eigenvalue weighted by atomic mass is 9.94. The molecule has 16 nitrogen and oxygen atoms in total. The van der Waals surface area contributed by atoms with Gasteiger partial charge in [-0.05, 0) is 32.3 Å². The quantitative estimate of drug-likeness (QED) is 0.0842. The fourth-order valence-electron chi connectivity index (χ4n) is 4.12. The molecule has 2 rings (SSSR count). The molecular formula is C30H36O16. The standard InChI is InChI=1S/C30H36O16/c1-16(7-9-23(33)34)6-8-21-27(39-5)17(2)22-14-42-29(37)26(22)28(21)46-30(38)44-15-43-24(35)10-11-25(36)45-20(12-40-18(3)31)13-41-19(4)32/h6,20H,7-15H2,1-5H3,(H,33,34)/b16-6+. The second kappa shape index (κ2) is 18.0. The number of allylic oxidation sites excluding steroid dienone is 2. The zero-order valence-electron chi connectivity index (χ0n) is 26.1. The predicted octanol–water partition coefficient (Wildman–Crippen LogP) is 2.86. The first-order valence-electron chi connectivity index (χ1n) is 14.0. The number of esters is 5. The Morgan fingerprint density at radius 1 is 0.870 bits per heavy atom. The largest absolute Gasteiger partial charge is 0.516 e. The summed E-state index contributed by atoms with van der Waals surface area (Å²) in [7, 11) is 1.40. The van der Waals surface area contributed by atoms with Gasteiger partial charge in [0.05, 0.1) is 20.0 Å². The average Bonchev–Trinajstić information content (AvgIpc) is 3.38. The van der Waals surface area contributed by atoms with Crippen LogP contribution in [0.15, 0.2) is 11.6 Å². The normalized spacial score (nSPS) is 12.0. The number of benzene rings is 1. The maximum absolute atomic E-state index is 12.6. The molecule has 252 valence electrons. The van der Waals surface area contributed by atoms with Crippen molar-refractivity contribution in [2.75, 3.05) is 27.1 Å². The number of carbonyl (C=O) groups excluding carboxylic acids is 6. The average molecular weight is 653 g/mol. The third-order valence-electron chi connectivity index (χ3n) is 6.37. The van der Waals surface area contributed by atoms with E-state index in [4.69, 9.17) is 43.0 Å². The van der Waals surface area contributed by atoms with Crippen LogP contribution in [0.25, 0.3) is 0 Å². The summed E-state index contributed by atoms with van der Waals surface area (Å²) in [6, 6.07) is 0. The minimum Gasteiger partial charge on any atom is -0.496 e. The first-order valence-corrected chi connectivity index (χ1v) is 14.0. The number of methoxy groups -OCH3 is 1. The van der Waals surface area contributed by atoms with Crippen LogP contribution >= 0.6 is 0 Å². The van der Waals surface area contributed by atoms with Gasteiger partial charge in [0.15, 0.2) is 11.9 Å². The van der Waals surface area contributed by atoms with Crippen LogP contribution in [-0.4, -0.2) is 80.3 Å². The van der Waals surface area contributed by atoms with Crippen molar-refractivity contribution in [2.45, 2.75) is 72.5 Å². The second-order valence-electron chi connectivity index (χ2n) is 9.89. The molecule has 46 heavy (non-hydrogen) atoms. The van der Waals surface area contributed by atoms with Crippen molar-refractivity contribution in [3.05, 3.63) is 33.9 Å². The Bertz CT molecular complexity index is 1360. The minimum atomic E-state index is -1.33. The first kappa shape index (κ1) is 37.0. The van der Waals surface area contributed by atoms with Gasteiger partial charge in [-0.3, -0.25) is 24.0 Å². The van der Waals surface area contributed by atoms with E-state index in [1.165, 1.54) is 7.11 Å². The molecule has 1 aromatic rings. The van der Waals surface area contributed by atoms with Gasteiger partial charge in [-0.15, -0.1) is 0 Å². The van der Waals surface area contributed by atoms with E-state index >= 15 is 0 Å². The van der Waals surface area contributed by atoms with Crippen LogP contribution in [0.1, 0.15) is 73.5 Å². The number of carboxylic acids is 1. The molecule has 0 bridgehead atoms. The van der Waals surface area contributed by atoms with Gasteiger partial charge in [0.1, 0.15) is 31.1 Å². The number of hydrogen-bond acceptors (Lipinski definition) is 15. The number of carboxylic acid groups (broad SMARTS) is 1. The fraction of sp³-hybridized carbons (Fsp3) is 0.500. The van der Waals surface area contributed by atoms with Crippen LogP contribution in [0.5, 0.6) is 11.5 Å². The summed E-state index contributed by atoms with van der Waals surface area (Å²) in [5, 5.41) is 8.95. The molecule has 0 saturated heterocycles. The van der Waals surface area contributed by atoms with Crippen LogP contribution in [0, 0.1) is 6.92 Å². The van der Waals surface area contributed by atoms with Crippen molar-refractivity contribution in [1.82, 2.24) is 0 Å². The van der Waals surface area contributed by atoms with Gasteiger partial charge in [0.2, 0.25) is 6.79 Å². The highest BCUT2D eigenvalue weighted by Gasteiger charge is 2.34. The van der Waals surface area contributed by atoms with E-state index in [1.54, 1.807) is 19.9 Å². The van der Waals surface area contributed by atoms with E-state index in [9.17, 15) is 33.6 Å². The molecule has 1 aliphatic heterocycles. The number of carbonyl (C=O) groups is 7. The van der Waals surface area contributed by atoms with E-state index in [-0.39, 0.29) is 50.4 Å². The molecule has 0 aliphatic carbocycles. The van der Waals surface area contributed by atoms with E-state index in [0.717, 1.165) is 19.4 Å². The van der Waals surface area contributed by atoms with Gasteiger partial charge in [-0.25, -0.2) is 9.59 Å². The van der Waals surface area contributed by atoms with Crippen LogP contribution in [-0.2, 0) is 65.4 Å². The number of rotatable bonds is 17. The Kier molecular flexibility index (Phi) is 14.5. The second-order valence-corrected chi connectivity index (χ2v) is 9.89. The molecule has 0 spiro atoms. The molecule has 0 unspecified atom stereocenters. The van der Waals surface area contributed by atoms with Crippen molar-refractivity contribution in [3.8, 4) is 11.5 Å². The molecule has 0 saturated carbocycles. The van der Waals surface area contributed by atoms with Gasteiger partial charge in [-0.2, -0.15) is 0 Å². The monoisotopic (exact) mass is 652 g/mol. The summed E-state index contributed by atoms with van der Waals surface area (Å²) in [6.07, 6.45) is -1.35. The maximum Gasteiger partial charge on any atom is 0.516 e. The number of cyclic esters (lactones) is 1. The summed E-state index contributed by atoms with van der Waals surface area (Å²) in [4.78, 5) is 82.4. The summed E-state index contributed by atoms with van der Waals surface area (Å²) in [6.45, 7) is 4.01. The highest BCUT2D eigenvalue weighted by atomic mass is 16.8. The summed E-state index contributed by atoms with van der Waals surface area (Å²) in [5.74, 6) is -4.67. The lowest BCUT2D eigenvalue weighted by Gasteiger charge is -2.18. The Morgan fingerprint density at radius 3 is 2.09 bits per heavy atom. The molecule has 1 heterocycles. The molecule has 1 N–H and O–H groups in total. The van der Waals surface area contributed by atoms with Gasteiger partial charge >= 0.3 is 42.0 Å². The van der Waals surface area contributed by atoms with Crippen molar-refractivity contribution < 1.29 is 76.6 Å². The zero-order chi connectivity index (χ0) is 34.4. The molecule has 1 aromatic carbocycles. The highest BCUT2D eigenvalue weighted by molar-refractivity contribution is 5.99. The lowest BCUT2D eigenvalue weighted by Crippen LogP contribution is -2.30. The van der Waals surface area contributed by atoms with Gasteiger partial charge in [-0.1, -0.05) is 11.6 Å². The van der Waals surface area contributed by atoms with Crippen LogP contribution in [0.2, 0.25) is 0 Å². The van der Waals surface area contributed by atoms with Crippen LogP contribution in [0.4, 0.5) is 4.79 Å². The number of fused-ring (bicyclic) bond motifs is 1. The smallest absolute Gasteiger partial charge is 0.496 e. The van der Waals surface area contributed by atoms with Crippen molar-refractivity contribution >= 4 is 42.0 Å². The fourth-order valence-corrected chi connectivity index (χ4v) is 4.12. The molecule has 0 aromatic heterocycles. The Hall–Kier alpha value is -5.15. The van der Waals surface area contributed by atoms with Gasteiger partial charge < -0.3 is 43.0 Å². The third kappa shape index (κ3) is 11.7. The molecular weight excluding hydrogens is 616 g/mol. The predicted molar refractivity (Wildman–Crippen MR) is 152 cm³/mol. The molecule has 0 amide bonds. The summed E-state index contributed by atoms with van der Waals surface area (Å²) >= 11 is 0. The van der Waals surface area contributed by atoms with Gasteiger partial charge in [0.25, 0.3) is 0 Å².